The molecule has 0 spiro atoms. The molecule has 0 fully saturated rings. The van der Waals surface area contributed by atoms with Gasteiger partial charge >= 0.3 is 0 Å². The monoisotopic (exact) mass is 267 g/mol. The number of carbonyl (C=O) groups excluding carboxylic acids is 1. The molecule has 0 aliphatic carbocycles. The molecule has 98 valence electrons. The van der Waals surface area contributed by atoms with Gasteiger partial charge in [0, 0.05) is 24.6 Å². The fourth-order valence-electron chi connectivity index (χ4n) is 1.39. The van der Waals surface area contributed by atoms with Gasteiger partial charge in [0.15, 0.2) is 9.84 Å². The fourth-order valence-corrected chi connectivity index (χ4v) is 1.83. The van der Waals surface area contributed by atoms with E-state index in [0.717, 1.165) is 17.2 Å². The minimum atomic E-state index is -3.11. The quantitative estimate of drug-likeness (QED) is 0.845. The molecule has 0 aromatic heterocycles. The Morgan fingerprint density at radius 1 is 1.28 bits per heavy atom. The summed E-state index contributed by atoms with van der Waals surface area (Å²) < 4.78 is 21.6. The van der Waals surface area contributed by atoms with Crippen molar-refractivity contribution in [1.82, 2.24) is 5.32 Å². The molecule has 1 aromatic rings. The number of aryl methyl sites for hydroxylation is 1. The molecule has 0 heterocycles. The molecular weight excluding hydrogens is 250 g/mol. The van der Waals surface area contributed by atoms with Crippen molar-refractivity contribution in [3.63, 3.8) is 0 Å². The molecular formula is C13H17NO3S. The maximum absolute atomic E-state index is 11.4. The van der Waals surface area contributed by atoms with Gasteiger partial charge in [-0.25, -0.2) is 8.42 Å². The van der Waals surface area contributed by atoms with Crippen LogP contribution in [0.25, 0.3) is 0 Å². The van der Waals surface area contributed by atoms with Crippen LogP contribution in [0.4, 0.5) is 0 Å². The molecule has 1 rings (SSSR count). The van der Waals surface area contributed by atoms with E-state index in [0.29, 0.717) is 12.8 Å². The summed E-state index contributed by atoms with van der Waals surface area (Å²) in [5, 5.41) is 3.72. The number of rotatable bonds is 6. The van der Waals surface area contributed by atoms with Crippen molar-refractivity contribution in [3.8, 4) is 0 Å². The van der Waals surface area contributed by atoms with Gasteiger partial charge < -0.3 is 5.32 Å². The van der Waals surface area contributed by atoms with Gasteiger partial charge in [-0.05, 0) is 12.0 Å². The van der Waals surface area contributed by atoms with E-state index in [1.54, 1.807) is 0 Å². The van der Waals surface area contributed by atoms with E-state index in [2.05, 4.69) is 5.32 Å². The summed E-state index contributed by atoms with van der Waals surface area (Å²) >= 11 is 0. The lowest BCUT2D eigenvalue weighted by Crippen LogP contribution is -2.23. The summed E-state index contributed by atoms with van der Waals surface area (Å²) in [5.74, 6) is -0.0861. The third-order valence-corrected chi connectivity index (χ3v) is 2.93. The lowest BCUT2D eigenvalue weighted by Gasteiger charge is -2.02. The second-order valence-corrected chi connectivity index (χ2v) is 5.92. The van der Waals surface area contributed by atoms with Gasteiger partial charge in [0.05, 0.1) is 0 Å². The normalized spacial score (nSPS) is 11.6. The zero-order chi connectivity index (χ0) is 13.4. The van der Waals surface area contributed by atoms with E-state index >= 15 is 0 Å². The molecule has 0 bridgehead atoms. The number of hydrogen-bond donors (Lipinski definition) is 1. The highest BCUT2D eigenvalue weighted by Crippen LogP contribution is 2.01. The van der Waals surface area contributed by atoms with Gasteiger partial charge in [-0.1, -0.05) is 36.4 Å². The van der Waals surface area contributed by atoms with E-state index in [-0.39, 0.29) is 12.5 Å². The third kappa shape index (κ3) is 6.85. The van der Waals surface area contributed by atoms with Crippen molar-refractivity contribution in [2.75, 3.05) is 12.8 Å². The molecule has 1 amide bonds. The molecule has 0 unspecified atom stereocenters. The molecule has 18 heavy (non-hydrogen) atoms. The first-order valence-electron chi connectivity index (χ1n) is 5.64. The summed E-state index contributed by atoms with van der Waals surface area (Å²) in [5.41, 5.74) is 1.11. The van der Waals surface area contributed by atoms with E-state index in [1.165, 1.54) is 6.08 Å². The first-order valence-corrected chi connectivity index (χ1v) is 7.60. The van der Waals surface area contributed by atoms with Crippen LogP contribution in [0, 0.1) is 0 Å². The van der Waals surface area contributed by atoms with Crippen LogP contribution in [0.15, 0.2) is 41.8 Å². The number of carbonyl (C=O) groups is 1. The smallest absolute Gasteiger partial charge is 0.220 e. The minimum Gasteiger partial charge on any atom is -0.353 e. The Morgan fingerprint density at radius 2 is 1.94 bits per heavy atom. The first-order chi connectivity index (χ1) is 8.47. The van der Waals surface area contributed by atoms with Crippen molar-refractivity contribution in [1.29, 1.82) is 0 Å². The van der Waals surface area contributed by atoms with Crippen LogP contribution in [0.5, 0.6) is 0 Å². The Hall–Kier alpha value is -1.62. The van der Waals surface area contributed by atoms with Gasteiger partial charge in [-0.2, -0.15) is 0 Å². The van der Waals surface area contributed by atoms with Gasteiger partial charge in [0.25, 0.3) is 0 Å². The Balaban J connectivity index is 2.25. The SMILES string of the molecule is CS(=O)(=O)C=CCNC(=O)CCc1ccccc1. The van der Waals surface area contributed by atoms with Gasteiger partial charge in [-0.3, -0.25) is 4.79 Å². The van der Waals surface area contributed by atoms with Gasteiger partial charge in [0.1, 0.15) is 0 Å². The lowest BCUT2D eigenvalue weighted by molar-refractivity contribution is -0.120. The Bertz CT molecular complexity index is 506. The van der Waals surface area contributed by atoms with E-state index < -0.39 is 9.84 Å². The largest absolute Gasteiger partial charge is 0.353 e. The summed E-state index contributed by atoms with van der Waals surface area (Å²) in [6, 6.07) is 9.73. The van der Waals surface area contributed by atoms with Crippen LogP contribution >= 0.6 is 0 Å². The molecule has 0 saturated heterocycles. The summed E-state index contributed by atoms with van der Waals surface area (Å²) in [4.78, 5) is 11.4. The highest BCUT2D eigenvalue weighted by atomic mass is 32.2. The molecule has 0 aliphatic heterocycles. The predicted octanol–water partition coefficient (Wildman–Crippen LogP) is 1.29. The minimum absolute atomic E-state index is 0.0861. The van der Waals surface area contributed by atoms with Crippen LogP contribution in [-0.2, 0) is 21.1 Å². The lowest BCUT2D eigenvalue weighted by atomic mass is 10.1. The highest BCUT2D eigenvalue weighted by molar-refractivity contribution is 7.93. The van der Waals surface area contributed by atoms with Crippen LogP contribution < -0.4 is 5.32 Å². The summed E-state index contributed by atoms with van der Waals surface area (Å²) in [7, 11) is -3.11. The third-order valence-electron chi connectivity index (χ3n) is 2.24. The van der Waals surface area contributed by atoms with Crippen LogP contribution in [0.2, 0.25) is 0 Å². The molecule has 5 heteroatoms. The molecule has 1 aromatic carbocycles. The van der Waals surface area contributed by atoms with Crippen molar-refractivity contribution in [3.05, 3.63) is 47.4 Å². The highest BCUT2D eigenvalue weighted by Gasteiger charge is 2.00. The topological polar surface area (TPSA) is 63.2 Å². The first kappa shape index (κ1) is 14.4. The Morgan fingerprint density at radius 3 is 2.56 bits per heavy atom. The number of nitrogens with one attached hydrogen (secondary N) is 1. The second-order valence-electron chi connectivity index (χ2n) is 3.99. The van der Waals surface area contributed by atoms with Crippen LogP contribution in [0.1, 0.15) is 12.0 Å². The van der Waals surface area contributed by atoms with E-state index in [1.807, 2.05) is 30.3 Å². The van der Waals surface area contributed by atoms with Crippen molar-refractivity contribution >= 4 is 15.7 Å². The average molecular weight is 267 g/mol. The van der Waals surface area contributed by atoms with Crippen molar-refractivity contribution < 1.29 is 13.2 Å². The van der Waals surface area contributed by atoms with E-state index in [4.69, 9.17) is 0 Å². The zero-order valence-electron chi connectivity index (χ0n) is 10.3. The summed E-state index contributed by atoms with van der Waals surface area (Å²) in [6.07, 6.45) is 3.62. The fraction of sp³-hybridized carbons (Fsp3) is 0.308. The number of benzene rings is 1. The van der Waals surface area contributed by atoms with Crippen LogP contribution in [0.3, 0.4) is 0 Å². The second kappa shape index (κ2) is 6.96. The maximum Gasteiger partial charge on any atom is 0.220 e. The molecule has 0 radical (unpaired) electrons. The predicted molar refractivity (Wildman–Crippen MR) is 71.8 cm³/mol. The molecule has 0 saturated carbocycles. The van der Waals surface area contributed by atoms with Crippen molar-refractivity contribution in [2.24, 2.45) is 0 Å². The molecule has 0 aliphatic rings. The molecule has 4 nitrogen and oxygen atoms in total. The Labute approximate surface area is 108 Å². The number of hydrogen-bond acceptors (Lipinski definition) is 3. The average Bonchev–Trinajstić information content (AvgIpc) is 2.32. The van der Waals surface area contributed by atoms with Crippen LogP contribution in [-0.4, -0.2) is 27.1 Å². The van der Waals surface area contributed by atoms with Gasteiger partial charge in [0.2, 0.25) is 5.91 Å². The maximum atomic E-state index is 11.4. The standard InChI is InChI=1S/C13H17NO3S/c1-18(16,17)11-5-10-14-13(15)9-8-12-6-3-2-4-7-12/h2-7,11H,8-10H2,1H3,(H,14,15). The van der Waals surface area contributed by atoms with E-state index in [9.17, 15) is 13.2 Å². The zero-order valence-corrected chi connectivity index (χ0v) is 11.1. The Kier molecular flexibility index (Phi) is 5.58. The van der Waals surface area contributed by atoms with Gasteiger partial charge in [-0.15, -0.1) is 0 Å². The summed E-state index contributed by atoms with van der Waals surface area (Å²) in [6.45, 7) is 0.237. The number of amides is 1. The number of sulfone groups is 1. The molecule has 1 N–H and O–H groups in total. The van der Waals surface area contributed by atoms with Crippen molar-refractivity contribution in [2.45, 2.75) is 12.8 Å². The molecule has 0 atom stereocenters.